The van der Waals surface area contributed by atoms with Crippen LogP contribution in [0.2, 0.25) is 0 Å². The summed E-state index contributed by atoms with van der Waals surface area (Å²) in [7, 11) is -0.885. The number of morpholine rings is 1. The second-order valence-electron chi connectivity index (χ2n) is 7.30. The molecule has 174 valence electrons. The van der Waals surface area contributed by atoms with Crippen molar-refractivity contribution in [1.29, 1.82) is 0 Å². The van der Waals surface area contributed by atoms with Crippen molar-refractivity contribution in [3.05, 3.63) is 48.0 Å². The van der Waals surface area contributed by atoms with Crippen molar-refractivity contribution in [2.45, 2.75) is 17.9 Å². The lowest BCUT2D eigenvalue weighted by atomic mass is 10.1. The lowest BCUT2D eigenvalue weighted by Gasteiger charge is -2.26. The van der Waals surface area contributed by atoms with Gasteiger partial charge < -0.3 is 19.5 Å². The molecule has 0 spiro atoms. The van der Waals surface area contributed by atoms with E-state index in [2.05, 4.69) is 14.9 Å². The lowest BCUT2D eigenvalue weighted by Crippen LogP contribution is -2.35. The van der Waals surface area contributed by atoms with E-state index in [1.54, 1.807) is 0 Å². The molecule has 2 aromatic rings. The van der Waals surface area contributed by atoms with Crippen LogP contribution in [0.25, 0.3) is 0 Å². The first-order valence-corrected chi connectivity index (χ1v) is 11.8. The summed E-state index contributed by atoms with van der Waals surface area (Å²) in [5.74, 6) is 0.468. The van der Waals surface area contributed by atoms with Gasteiger partial charge in [0, 0.05) is 44.4 Å². The number of carbonyl (C=O) groups is 1. The number of rotatable bonds is 10. The van der Waals surface area contributed by atoms with E-state index >= 15 is 0 Å². The van der Waals surface area contributed by atoms with E-state index in [-0.39, 0.29) is 23.8 Å². The van der Waals surface area contributed by atoms with Crippen LogP contribution < -0.4 is 19.5 Å². The summed E-state index contributed by atoms with van der Waals surface area (Å²) in [5, 5.41) is 2.83. The maximum absolute atomic E-state index is 12.5. The maximum atomic E-state index is 12.5. The molecule has 1 aliphatic rings. The molecule has 10 heteroatoms. The Morgan fingerprint density at radius 3 is 2.53 bits per heavy atom. The van der Waals surface area contributed by atoms with Crippen molar-refractivity contribution >= 4 is 21.6 Å². The van der Waals surface area contributed by atoms with E-state index in [0.29, 0.717) is 17.2 Å². The molecule has 0 unspecified atom stereocenters. The Labute approximate surface area is 188 Å². The van der Waals surface area contributed by atoms with Gasteiger partial charge in [0.15, 0.2) is 11.5 Å². The summed E-state index contributed by atoms with van der Waals surface area (Å²) >= 11 is 0. The number of carbonyl (C=O) groups excluding carboxylic acids is 1. The van der Waals surface area contributed by atoms with Gasteiger partial charge in [-0.1, -0.05) is 12.1 Å². The number of hydrogen-bond acceptors (Lipinski definition) is 7. The second kappa shape index (κ2) is 11.3. The smallest absolute Gasteiger partial charge is 0.240 e. The first kappa shape index (κ1) is 24.0. The van der Waals surface area contributed by atoms with Gasteiger partial charge in [0.25, 0.3) is 0 Å². The highest BCUT2D eigenvalue weighted by Crippen LogP contribution is 2.29. The average molecular weight is 464 g/mol. The number of sulfonamides is 1. The fraction of sp³-hybridized carbons (Fsp3) is 0.409. The van der Waals surface area contributed by atoms with Crippen molar-refractivity contribution in [2.75, 3.05) is 52.4 Å². The number of anilines is 1. The highest BCUT2D eigenvalue weighted by atomic mass is 32.2. The Hall–Kier alpha value is -2.66. The van der Waals surface area contributed by atoms with Crippen LogP contribution in [0.15, 0.2) is 47.4 Å². The van der Waals surface area contributed by atoms with E-state index in [1.807, 2.05) is 24.3 Å². The monoisotopic (exact) mass is 463 g/mol. The molecule has 2 N–H and O–H groups in total. The van der Waals surface area contributed by atoms with E-state index in [1.165, 1.54) is 32.4 Å². The Morgan fingerprint density at radius 1 is 1.06 bits per heavy atom. The molecule has 32 heavy (non-hydrogen) atoms. The highest BCUT2D eigenvalue weighted by molar-refractivity contribution is 7.89. The van der Waals surface area contributed by atoms with Gasteiger partial charge >= 0.3 is 0 Å². The summed E-state index contributed by atoms with van der Waals surface area (Å²) in [6, 6.07) is 12.0. The molecule has 1 amide bonds. The molecule has 1 saturated heterocycles. The number of ether oxygens (including phenoxy) is 3. The third-order valence-electron chi connectivity index (χ3n) is 5.03. The summed E-state index contributed by atoms with van der Waals surface area (Å²) in [4.78, 5) is 14.6. The van der Waals surface area contributed by atoms with E-state index < -0.39 is 10.0 Å². The minimum absolute atomic E-state index is 0.000209. The molecule has 1 fully saturated rings. The maximum Gasteiger partial charge on any atom is 0.240 e. The summed E-state index contributed by atoms with van der Waals surface area (Å²) in [6.45, 7) is 3.99. The summed E-state index contributed by atoms with van der Waals surface area (Å²) in [6.07, 6.45) is 0.000209. The van der Waals surface area contributed by atoms with Gasteiger partial charge in [-0.3, -0.25) is 9.69 Å². The Morgan fingerprint density at radius 2 is 1.81 bits per heavy atom. The van der Waals surface area contributed by atoms with Crippen molar-refractivity contribution in [3.63, 3.8) is 0 Å². The fourth-order valence-electron chi connectivity index (χ4n) is 3.35. The number of benzene rings is 2. The van der Waals surface area contributed by atoms with Crippen molar-refractivity contribution in [3.8, 4) is 11.5 Å². The number of amides is 1. The predicted octanol–water partition coefficient (Wildman–Crippen LogP) is 1.84. The molecule has 2 aromatic carbocycles. The zero-order valence-electron chi connectivity index (χ0n) is 18.3. The van der Waals surface area contributed by atoms with Gasteiger partial charge in [-0.05, 0) is 29.8 Å². The van der Waals surface area contributed by atoms with Crippen LogP contribution in [-0.2, 0) is 26.1 Å². The Balaban J connectivity index is 1.51. The second-order valence-corrected chi connectivity index (χ2v) is 9.07. The minimum Gasteiger partial charge on any atom is -0.493 e. The molecule has 1 aliphatic heterocycles. The molecule has 0 radical (unpaired) electrons. The van der Waals surface area contributed by atoms with Gasteiger partial charge in [0.2, 0.25) is 15.9 Å². The van der Waals surface area contributed by atoms with Crippen LogP contribution in [0.5, 0.6) is 11.5 Å². The fourth-order valence-corrected chi connectivity index (χ4v) is 4.40. The third kappa shape index (κ3) is 6.67. The zero-order valence-corrected chi connectivity index (χ0v) is 19.1. The first-order chi connectivity index (χ1) is 15.4. The normalized spacial score (nSPS) is 14.7. The standard InChI is InChI=1S/C22H29N3O6S/c1-29-20-7-6-19(15-21(20)30-2)32(27,28)23-9-8-22(26)24-18-5-3-4-17(14-18)16-25-10-12-31-13-11-25/h3-7,14-15,23H,8-13,16H2,1-2H3,(H,24,26). The topological polar surface area (TPSA) is 106 Å². The van der Waals surface area contributed by atoms with E-state index in [9.17, 15) is 13.2 Å². The van der Waals surface area contributed by atoms with Gasteiger partial charge in [-0.2, -0.15) is 0 Å². The van der Waals surface area contributed by atoms with Crippen molar-refractivity contribution in [1.82, 2.24) is 9.62 Å². The van der Waals surface area contributed by atoms with Crippen molar-refractivity contribution in [2.24, 2.45) is 0 Å². The first-order valence-electron chi connectivity index (χ1n) is 10.3. The molecular formula is C22H29N3O6S. The van der Waals surface area contributed by atoms with Crippen LogP contribution in [0.4, 0.5) is 5.69 Å². The van der Waals surface area contributed by atoms with Crippen molar-refractivity contribution < 1.29 is 27.4 Å². The van der Waals surface area contributed by atoms with E-state index in [0.717, 1.165) is 38.4 Å². The number of methoxy groups -OCH3 is 2. The zero-order chi connectivity index (χ0) is 23.0. The molecule has 0 atom stereocenters. The molecule has 0 bridgehead atoms. The molecule has 0 saturated carbocycles. The van der Waals surface area contributed by atoms with Crippen LogP contribution in [-0.4, -0.2) is 66.3 Å². The average Bonchev–Trinajstić information content (AvgIpc) is 2.79. The molecule has 9 nitrogen and oxygen atoms in total. The molecule has 0 aliphatic carbocycles. The number of nitrogens with zero attached hydrogens (tertiary/aromatic N) is 1. The van der Waals surface area contributed by atoms with Crippen LogP contribution >= 0.6 is 0 Å². The number of nitrogens with one attached hydrogen (secondary N) is 2. The molecular weight excluding hydrogens is 434 g/mol. The largest absolute Gasteiger partial charge is 0.493 e. The third-order valence-corrected chi connectivity index (χ3v) is 6.49. The quantitative estimate of drug-likeness (QED) is 0.554. The number of hydrogen-bond donors (Lipinski definition) is 2. The van der Waals surface area contributed by atoms with Crippen LogP contribution in [0.3, 0.4) is 0 Å². The van der Waals surface area contributed by atoms with Crippen LogP contribution in [0.1, 0.15) is 12.0 Å². The molecule has 1 heterocycles. The van der Waals surface area contributed by atoms with Gasteiger partial charge in [0.05, 0.1) is 32.3 Å². The minimum atomic E-state index is -3.79. The van der Waals surface area contributed by atoms with E-state index in [4.69, 9.17) is 14.2 Å². The van der Waals surface area contributed by atoms with Gasteiger partial charge in [-0.15, -0.1) is 0 Å². The van der Waals surface area contributed by atoms with Gasteiger partial charge in [0.1, 0.15) is 0 Å². The molecule has 3 rings (SSSR count). The lowest BCUT2D eigenvalue weighted by molar-refractivity contribution is -0.116. The van der Waals surface area contributed by atoms with Gasteiger partial charge in [-0.25, -0.2) is 13.1 Å². The summed E-state index contributed by atoms with van der Waals surface area (Å²) < 4.78 is 43.1. The summed E-state index contributed by atoms with van der Waals surface area (Å²) in [5.41, 5.74) is 1.78. The SMILES string of the molecule is COc1ccc(S(=O)(=O)NCCC(=O)Nc2cccc(CN3CCOCC3)c2)cc1OC. The highest BCUT2D eigenvalue weighted by Gasteiger charge is 2.17. The molecule has 0 aromatic heterocycles. The Bertz CT molecular complexity index is 1020. The predicted molar refractivity (Wildman–Crippen MR) is 121 cm³/mol. The van der Waals surface area contributed by atoms with Crippen LogP contribution in [0, 0.1) is 0 Å². The Kier molecular flexibility index (Phi) is 8.46.